The number of ether oxygens (including phenoxy) is 1. The van der Waals surface area contributed by atoms with Gasteiger partial charge in [-0.25, -0.2) is 18.4 Å². The Balaban J connectivity index is 1.94. The number of sulfonamides is 1. The second kappa shape index (κ2) is 8.80. The molecule has 0 radical (unpaired) electrons. The van der Waals surface area contributed by atoms with Crippen LogP contribution in [0.25, 0.3) is 0 Å². The molecule has 1 fully saturated rings. The molecule has 10 heteroatoms. The fourth-order valence-electron chi connectivity index (χ4n) is 3.51. The molecule has 2 heterocycles. The van der Waals surface area contributed by atoms with Gasteiger partial charge in [0.2, 0.25) is 15.9 Å². The molecule has 0 aliphatic carbocycles. The number of rotatable bonds is 7. The van der Waals surface area contributed by atoms with Crippen molar-refractivity contribution in [3.05, 3.63) is 41.3 Å². The summed E-state index contributed by atoms with van der Waals surface area (Å²) in [5.74, 6) is 1.36. The van der Waals surface area contributed by atoms with Gasteiger partial charge in [-0.3, -0.25) is 4.79 Å². The van der Waals surface area contributed by atoms with Crippen LogP contribution in [0.3, 0.4) is 0 Å². The molecule has 0 bridgehead atoms. The molecule has 1 aromatic heterocycles. The highest BCUT2D eigenvalue weighted by Crippen LogP contribution is 2.30. The summed E-state index contributed by atoms with van der Waals surface area (Å²) in [5, 5.41) is 0. The fourth-order valence-corrected chi connectivity index (χ4v) is 4.87. The van der Waals surface area contributed by atoms with Gasteiger partial charge in [0, 0.05) is 53.1 Å². The summed E-state index contributed by atoms with van der Waals surface area (Å²) in [6.07, 6.45) is 0.383. The lowest BCUT2D eigenvalue weighted by Gasteiger charge is -2.21. The van der Waals surface area contributed by atoms with Crippen LogP contribution in [0.2, 0.25) is 0 Å². The molecular weight excluding hydrogens is 418 g/mol. The number of hydrogen-bond acceptors (Lipinski definition) is 7. The number of carbonyl (C=O) groups excluding carboxylic acids is 1. The monoisotopic (exact) mass is 447 g/mol. The maximum absolute atomic E-state index is 13.2. The minimum atomic E-state index is -3.83. The number of methoxy groups -OCH3 is 1. The van der Waals surface area contributed by atoms with Gasteiger partial charge in [-0.15, -0.1) is 0 Å². The van der Waals surface area contributed by atoms with E-state index in [1.54, 1.807) is 30.1 Å². The van der Waals surface area contributed by atoms with Crippen molar-refractivity contribution in [3.8, 4) is 5.75 Å². The predicted molar refractivity (Wildman–Crippen MR) is 118 cm³/mol. The Bertz CT molecular complexity index is 1090. The van der Waals surface area contributed by atoms with Crippen molar-refractivity contribution in [1.29, 1.82) is 0 Å². The van der Waals surface area contributed by atoms with Crippen LogP contribution in [0.15, 0.2) is 29.2 Å². The van der Waals surface area contributed by atoms with E-state index in [4.69, 9.17) is 4.74 Å². The van der Waals surface area contributed by atoms with E-state index in [9.17, 15) is 13.2 Å². The molecule has 3 rings (SSSR count). The number of aromatic nitrogens is 2. The van der Waals surface area contributed by atoms with Crippen LogP contribution in [0, 0.1) is 6.92 Å². The molecule has 1 unspecified atom stereocenters. The van der Waals surface area contributed by atoms with Crippen molar-refractivity contribution >= 4 is 21.7 Å². The maximum Gasteiger partial charge on any atom is 0.246 e. The first kappa shape index (κ1) is 23.0. The van der Waals surface area contributed by atoms with Gasteiger partial charge in [0.05, 0.1) is 19.3 Å². The molecule has 0 saturated carbocycles. The lowest BCUT2D eigenvalue weighted by molar-refractivity contribution is -0.126. The topological polar surface area (TPSA) is 95.9 Å². The molecule has 1 atom stereocenters. The summed E-state index contributed by atoms with van der Waals surface area (Å²) in [4.78, 5) is 24.8. The van der Waals surface area contributed by atoms with Gasteiger partial charge < -0.3 is 14.5 Å². The van der Waals surface area contributed by atoms with Crippen LogP contribution in [0.1, 0.15) is 29.4 Å². The Kier molecular flexibility index (Phi) is 6.51. The summed E-state index contributed by atoms with van der Waals surface area (Å²) in [6, 6.07) is 6.89. The molecule has 168 valence electrons. The van der Waals surface area contributed by atoms with Crippen LogP contribution in [0.5, 0.6) is 5.75 Å². The number of likely N-dealkylation sites (N-methyl/N-ethyl adjacent to an activating group) is 1. The third-order valence-corrected chi connectivity index (χ3v) is 7.19. The third-order valence-electron chi connectivity index (χ3n) is 5.37. The number of benzene rings is 1. The average Bonchev–Trinajstić information content (AvgIpc) is 3.06. The Morgan fingerprint density at radius 3 is 2.48 bits per heavy atom. The second-order valence-corrected chi connectivity index (χ2v) is 10.1. The number of anilines is 1. The van der Waals surface area contributed by atoms with Gasteiger partial charge >= 0.3 is 0 Å². The van der Waals surface area contributed by atoms with Gasteiger partial charge in [0.25, 0.3) is 0 Å². The first-order chi connectivity index (χ1) is 14.5. The summed E-state index contributed by atoms with van der Waals surface area (Å²) in [6.45, 7) is 2.40. The minimum Gasteiger partial charge on any atom is -0.495 e. The molecule has 31 heavy (non-hydrogen) atoms. The van der Waals surface area contributed by atoms with Gasteiger partial charge in [-0.1, -0.05) is 6.07 Å². The molecule has 1 aliphatic rings. The van der Waals surface area contributed by atoms with E-state index < -0.39 is 10.0 Å². The molecular formula is C21H29N5O4S. The molecule has 0 spiro atoms. The van der Waals surface area contributed by atoms with Crippen molar-refractivity contribution in [2.75, 3.05) is 46.7 Å². The Hall–Kier alpha value is -2.72. The molecule has 1 aliphatic heterocycles. The van der Waals surface area contributed by atoms with E-state index in [2.05, 4.69) is 9.97 Å². The van der Waals surface area contributed by atoms with Gasteiger partial charge in [-0.2, -0.15) is 4.31 Å². The quantitative estimate of drug-likeness (QED) is 0.636. The summed E-state index contributed by atoms with van der Waals surface area (Å²) in [5.41, 5.74) is 1.56. The highest BCUT2D eigenvalue weighted by Gasteiger charge is 2.31. The molecule has 1 aromatic carbocycles. The van der Waals surface area contributed by atoms with Crippen LogP contribution in [0.4, 0.5) is 5.82 Å². The smallest absolute Gasteiger partial charge is 0.246 e. The van der Waals surface area contributed by atoms with Crippen molar-refractivity contribution < 1.29 is 17.9 Å². The lowest BCUT2D eigenvalue weighted by atomic mass is 10.0. The van der Waals surface area contributed by atoms with Crippen LogP contribution < -0.4 is 9.64 Å². The number of carbonyl (C=O) groups is 1. The molecule has 2 aromatic rings. The fraction of sp³-hybridized carbons (Fsp3) is 0.476. The highest BCUT2D eigenvalue weighted by atomic mass is 32.2. The van der Waals surface area contributed by atoms with E-state index in [0.717, 1.165) is 11.3 Å². The van der Waals surface area contributed by atoms with Crippen molar-refractivity contribution in [3.63, 3.8) is 0 Å². The maximum atomic E-state index is 13.2. The zero-order valence-electron chi connectivity index (χ0n) is 18.8. The minimum absolute atomic E-state index is 0.00931. The highest BCUT2D eigenvalue weighted by molar-refractivity contribution is 7.89. The number of hydrogen-bond donors (Lipinski definition) is 0. The molecule has 1 saturated heterocycles. The lowest BCUT2D eigenvalue weighted by Crippen LogP contribution is -2.28. The van der Waals surface area contributed by atoms with Gasteiger partial charge in [-0.05, 0) is 24.6 Å². The molecule has 0 N–H and O–H groups in total. The van der Waals surface area contributed by atoms with Crippen LogP contribution in [-0.4, -0.2) is 75.3 Å². The van der Waals surface area contributed by atoms with Crippen molar-refractivity contribution in [2.24, 2.45) is 0 Å². The van der Waals surface area contributed by atoms with Crippen molar-refractivity contribution in [2.45, 2.75) is 30.7 Å². The zero-order chi connectivity index (χ0) is 22.9. The Morgan fingerprint density at radius 1 is 1.19 bits per heavy atom. The first-order valence-electron chi connectivity index (χ1n) is 9.93. The van der Waals surface area contributed by atoms with E-state index in [1.165, 1.54) is 18.5 Å². The van der Waals surface area contributed by atoms with Gasteiger partial charge in [0.15, 0.2) is 0 Å². The van der Waals surface area contributed by atoms with Gasteiger partial charge in [0.1, 0.15) is 22.3 Å². The Morgan fingerprint density at radius 2 is 1.90 bits per heavy atom. The number of nitrogens with zero attached hydrogens (tertiary/aromatic N) is 5. The van der Waals surface area contributed by atoms with E-state index in [-0.39, 0.29) is 29.0 Å². The first-order valence-corrected chi connectivity index (χ1v) is 11.4. The average molecular weight is 448 g/mol. The van der Waals surface area contributed by atoms with E-state index >= 15 is 0 Å². The number of aryl methyl sites for hydroxylation is 1. The second-order valence-electron chi connectivity index (χ2n) is 8.05. The normalized spacial score (nSPS) is 16.8. The number of amides is 1. The predicted octanol–water partition coefficient (Wildman–Crippen LogP) is 1.63. The van der Waals surface area contributed by atoms with Crippen molar-refractivity contribution in [1.82, 2.24) is 19.2 Å². The zero-order valence-corrected chi connectivity index (χ0v) is 19.6. The molecule has 1 amide bonds. The van der Waals surface area contributed by atoms with E-state index in [0.29, 0.717) is 24.6 Å². The third kappa shape index (κ3) is 4.80. The van der Waals surface area contributed by atoms with Crippen LogP contribution >= 0.6 is 0 Å². The molecule has 9 nitrogen and oxygen atoms in total. The summed E-state index contributed by atoms with van der Waals surface area (Å²) >= 11 is 0. The SMILES string of the molecule is COc1ccc(C)cc1S(=O)(=O)N(C)Cc1nc(C2CC(=O)N(C)C2)cc(N(C)C)n1. The number of likely N-dealkylation sites (tertiary alicyclic amines) is 1. The standard InChI is InChI=1S/C21H29N5O4S/c1-14-7-8-17(30-6)18(9-14)31(28,29)26(5)13-19-22-16(11-20(23-19)24(2)3)15-10-21(27)25(4)12-15/h7-9,11,15H,10,12-13H2,1-6H3. The van der Waals surface area contributed by atoms with E-state index in [1.807, 2.05) is 32.0 Å². The summed E-state index contributed by atoms with van der Waals surface area (Å²) < 4.78 is 33.0. The Labute approximate surface area is 183 Å². The van der Waals surface area contributed by atoms with Crippen LogP contribution in [-0.2, 0) is 21.4 Å². The largest absolute Gasteiger partial charge is 0.495 e. The summed E-state index contributed by atoms with van der Waals surface area (Å²) in [7, 11) is 4.60.